The lowest BCUT2D eigenvalue weighted by Crippen LogP contribution is -2.17. The van der Waals surface area contributed by atoms with E-state index in [0.717, 1.165) is 45.5 Å². The first-order valence-corrected chi connectivity index (χ1v) is 8.72. The van der Waals surface area contributed by atoms with Crippen molar-refractivity contribution >= 4 is 38.9 Å². The molecule has 0 unspecified atom stereocenters. The maximum Gasteiger partial charge on any atom is 0.147 e. The minimum Gasteiger partial charge on any atom is -0.314 e. The van der Waals surface area contributed by atoms with Gasteiger partial charge in [0.2, 0.25) is 0 Å². The van der Waals surface area contributed by atoms with Gasteiger partial charge in [0, 0.05) is 22.5 Å². The lowest BCUT2D eigenvalue weighted by atomic mass is 10.2. The molecule has 6 heteroatoms. The van der Waals surface area contributed by atoms with Gasteiger partial charge < -0.3 is 5.32 Å². The highest BCUT2D eigenvalue weighted by Crippen LogP contribution is 2.30. The van der Waals surface area contributed by atoms with E-state index < -0.39 is 0 Å². The van der Waals surface area contributed by atoms with Gasteiger partial charge in [0.1, 0.15) is 10.0 Å². The number of halogens is 2. The number of hydrogen-bond donors (Lipinski definition) is 1. The molecule has 2 aromatic rings. The van der Waals surface area contributed by atoms with E-state index in [9.17, 15) is 0 Å². The van der Waals surface area contributed by atoms with Crippen LogP contribution in [0.4, 0.5) is 0 Å². The fraction of sp³-hybridized carbons (Fsp3) is 0.429. The molecule has 0 spiro atoms. The quantitative estimate of drug-likeness (QED) is 0.768. The molecule has 106 valence electrons. The molecule has 3 rings (SSSR count). The van der Waals surface area contributed by atoms with E-state index in [2.05, 4.69) is 31.4 Å². The smallest absolute Gasteiger partial charge is 0.147 e. The van der Waals surface area contributed by atoms with Crippen LogP contribution in [0.3, 0.4) is 0 Å². The summed E-state index contributed by atoms with van der Waals surface area (Å²) in [6.45, 7) is 1.07. The molecule has 0 aliphatic heterocycles. The summed E-state index contributed by atoms with van der Waals surface area (Å²) in [6, 6.07) is 6.66. The van der Waals surface area contributed by atoms with Crippen LogP contribution in [-0.2, 0) is 6.42 Å². The van der Waals surface area contributed by atoms with Crippen molar-refractivity contribution in [3.63, 3.8) is 0 Å². The Kier molecular flexibility index (Phi) is 4.71. The van der Waals surface area contributed by atoms with Crippen LogP contribution >= 0.6 is 38.9 Å². The minimum absolute atomic E-state index is 0.702. The van der Waals surface area contributed by atoms with E-state index in [4.69, 9.17) is 11.6 Å². The molecule has 0 amide bonds. The molecule has 20 heavy (non-hydrogen) atoms. The summed E-state index contributed by atoms with van der Waals surface area (Å²) < 4.78 is 0.902. The highest BCUT2D eigenvalue weighted by molar-refractivity contribution is 9.10. The second kappa shape index (κ2) is 6.52. The van der Waals surface area contributed by atoms with Crippen molar-refractivity contribution in [2.75, 3.05) is 6.54 Å². The summed E-state index contributed by atoms with van der Waals surface area (Å²) in [6.07, 6.45) is 4.79. The Morgan fingerprint density at radius 3 is 2.95 bits per heavy atom. The predicted molar refractivity (Wildman–Crippen MR) is 87.4 cm³/mol. The molecule has 0 atom stereocenters. The third-order valence-corrected chi connectivity index (χ3v) is 5.48. The van der Waals surface area contributed by atoms with Crippen LogP contribution < -0.4 is 5.32 Å². The SMILES string of the molecule is Clc1cc(-c2nnc(CCCNC3CC3)s2)ccc1Br. The van der Waals surface area contributed by atoms with Gasteiger partial charge in [-0.2, -0.15) is 0 Å². The zero-order chi connectivity index (χ0) is 13.9. The Labute approximate surface area is 135 Å². The topological polar surface area (TPSA) is 37.8 Å². The standard InChI is InChI=1S/C14H15BrClN3S/c15-11-6-3-9(8-12(11)16)14-19-18-13(20-14)2-1-7-17-10-4-5-10/h3,6,8,10,17H,1-2,4-5,7H2. The van der Waals surface area contributed by atoms with Crippen LogP contribution in [-0.4, -0.2) is 22.8 Å². The van der Waals surface area contributed by atoms with Gasteiger partial charge in [-0.1, -0.05) is 29.0 Å². The molecule has 1 aromatic carbocycles. The molecular weight excluding hydrogens is 358 g/mol. The first-order valence-electron chi connectivity index (χ1n) is 6.73. The van der Waals surface area contributed by atoms with E-state index >= 15 is 0 Å². The molecule has 0 bridgehead atoms. The monoisotopic (exact) mass is 371 g/mol. The predicted octanol–water partition coefficient (Wildman–Crippen LogP) is 4.31. The third kappa shape index (κ3) is 3.79. The maximum atomic E-state index is 6.11. The van der Waals surface area contributed by atoms with Gasteiger partial charge >= 0.3 is 0 Å². The van der Waals surface area contributed by atoms with Crippen molar-refractivity contribution < 1.29 is 0 Å². The molecule has 1 aliphatic carbocycles. The second-order valence-corrected chi connectivity index (χ2v) is 7.29. The number of nitrogens with zero attached hydrogens (tertiary/aromatic N) is 2. The van der Waals surface area contributed by atoms with Gasteiger partial charge in [0.15, 0.2) is 0 Å². The molecule has 1 N–H and O–H groups in total. The summed E-state index contributed by atoms with van der Waals surface area (Å²) in [5, 5.41) is 14.8. The van der Waals surface area contributed by atoms with E-state index in [0.29, 0.717) is 5.02 Å². The fourth-order valence-corrected chi connectivity index (χ4v) is 3.24. The Hall–Kier alpha value is -0.490. The van der Waals surface area contributed by atoms with E-state index in [1.165, 1.54) is 12.8 Å². The molecule has 1 saturated carbocycles. The third-order valence-electron chi connectivity index (χ3n) is 3.21. The van der Waals surface area contributed by atoms with Crippen LogP contribution in [0, 0.1) is 0 Å². The van der Waals surface area contributed by atoms with E-state index in [1.807, 2.05) is 18.2 Å². The zero-order valence-electron chi connectivity index (χ0n) is 10.9. The van der Waals surface area contributed by atoms with Crippen molar-refractivity contribution in [1.29, 1.82) is 0 Å². The Balaban J connectivity index is 1.58. The molecule has 0 radical (unpaired) electrons. The Bertz CT molecular complexity index is 598. The number of aryl methyl sites for hydroxylation is 1. The van der Waals surface area contributed by atoms with E-state index in [-0.39, 0.29) is 0 Å². The first-order chi connectivity index (χ1) is 9.72. The van der Waals surface area contributed by atoms with Crippen molar-refractivity contribution in [3.05, 3.63) is 32.7 Å². The van der Waals surface area contributed by atoms with Gasteiger partial charge in [0.25, 0.3) is 0 Å². The number of aromatic nitrogens is 2. The van der Waals surface area contributed by atoms with Crippen molar-refractivity contribution in [3.8, 4) is 10.6 Å². The van der Waals surface area contributed by atoms with Gasteiger partial charge in [0.05, 0.1) is 5.02 Å². The van der Waals surface area contributed by atoms with Crippen LogP contribution in [0.5, 0.6) is 0 Å². The van der Waals surface area contributed by atoms with Crippen molar-refractivity contribution in [2.24, 2.45) is 0 Å². The normalized spacial score (nSPS) is 14.7. The van der Waals surface area contributed by atoms with Crippen LogP contribution in [0.25, 0.3) is 10.6 Å². The van der Waals surface area contributed by atoms with E-state index in [1.54, 1.807) is 11.3 Å². The molecule has 3 nitrogen and oxygen atoms in total. The molecule has 0 saturated heterocycles. The first kappa shape index (κ1) is 14.4. The fourth-order valence-electron chi connectivity index (χ4n) is 1.93. The Morgan fingerprint density at radius 2 is 2.20 bits per heavy atom. The molecule has 1 aliphatic rings. The summed E-state index contributed by atoms with van der Waals surface area (Å²) >= 11 is 11.2. The van der Waals surface area contributed by atoms with Crippen molar-refractivity contribution in [1.82, 2.24) is 15.5 Å². The number of benzene rings is 1. The minimum atomic E-state index is 0.702. The number of hydrogen-bond acceptors (Lipinski definition) is 4. The molecule has 1 heterocycles. The summed E-state index contributed by atoms with van der Waals surface area (Å²) in [4.78, 5) is 0. The molecular formula is C14H15BrClN3S. The highest BCUT2D eigenvalue weighted by atomic mass is 79.9. The average Bonchev–Trinajstić information content (AvgIpc) is 3.15. The summed E-state index contributed by atoms with van der Waals surface area (Å²) in [5.74, 6) is 0. The molecule has 1 aromatic heterocycles. The lowest BCUT2D eigenvalue weighted by molar-refractivity contribution is 0.643. The lowest BCUT2D eigenvalue weighted by Gasteiger charge is -2.00. The van der Waals surface area contributed by atoms with Crippen LogP contribution in [0.1, 0.15) is 24.3 Å². The maximum absolute atomic E-state index is 6.11. The van der Waals surface area contributed by atoms with Gasteiger partial charge in [-0.05, 0) is 53.9 Å². The van der Waals surface area contributed by atoms with Gasteiger partial charge in [-0.15, -0.1) is 10.2 Å². The average molecular weight is 373 g/mol. The largest absolute Gasteiger partial charge is 0.314 e. The summed E-state index contributed by atoms with van der Waals surface area (Å²) in [7, 11) is 0. The van der Waals surface area contributed by atoms with Crippen LogP contribution in [0.15, 0.2) is 22.7 Å². The van der Waals surface area contributed by atoms with Crippen LogP contribution in [0.2, 0.25) is 5.02 Å². The van der Waals surface area contributed by atoms with Gasteiger partial charge in [-0.3, -0.25) is 0 Å². The highest BCUT2D eigenvalue weighted by Gasteiger charge is 2.19. The number of nitrogens with one attached hydrogen (secondary N) is 1. The van der Waals surface area contributed by atoms with Crippen molar-refractivity contribution in [2.45, 2.75) is 31.7 Å². The Morgan fingerprint density at radius 1 is 1.35 bits per heavy atom. The second-order valence-electron chi connectivity index (χ2n) is 4.96. The zero-order valence-corrected chi connectivity index (χ0v) is 14.1. The molecule has 1 fully saturated rings. The summed E-state index contributed by atoms with van der Waals surface area (Å²) in [5.41, 5.74) is 1.03. The van der Waals surface area contributed by atoms with Gasteiger partial charge in [-0.25, -0.2) is 0 Å². The number of rotatable bonds is 6.